The maximum atomic E-state index is 12.5. The van der Waals surface area contributed by atoms with Crippen LogP contribution in [-0.2, 0) is 16.0 Å². The molecule has 0 radical (unpaired) electrons. The van der Waals surface area contributed by atoms with E-state index in [1.807, 2.05) is 6.92 Å². The summed E-state index contributed by atoms with van der Waals surface area (Å²) in [4.78, 5) is 29.5. The van der Waals surface area contributed by atoms with Crippen molar-refractivity contribution in [2.75, 3.05) is 26.2 Å². The van der Waals surface area contributed by atoms with Gasteiger partial charge in [-0.15, -0.1) is 0 Å². The van der Waals surface area contributed by atoms with Gasteiger partial charge in [0.05, 0.1) is 12.3 Å². The molecule has 1 aromatic carbocycles. The number of aryl methyl sites for hydroxylation is 3. The van der Waals surface area contributed by atoms with Crippen LogP contribution in [0.15, 0.2) is 12.1 Å². The van der Waals surface area contributed by atoms with Gasteiger partial charge in [-0.2, -0.15) is 0 Å². The summed E-state index contributed by atoms with van der Waals surface area (Å²) in [5.74, 6) is -0.249. The smallest absolute Gasteiger partial charge is 0.224 e. The Morgan fingerprint density at radius 1 is 1.30 bits per heavy atom. The second-order valence-corrected chi connectivity index (χ2v) is 7.80. The minimum absolute atomic E-state index is 0.0293. The largest absolute Gasteiger partial charge is 0.369 e. The molecule has 0 unspecified atom stereocenters. The number of nitrogens with two attached hydrogens (primary N) is 1. The average Bonchev–Trinajstić information content (AvgIpc) is 2.91. The summed E-state index contributed by atoms with van der Waals surface area (Å²) in [6, 6.07) is 4.30. The van der Waals surface area contributed by atoms with Gasteiger partial charge in [-0.3, -0.25) is 9.59 Å². The van der Waals surface area contributed by atoms with Crippen LogP contribution < -0.4 is 11.1 Å². The Balaban J connectivity index is 1.56. The van der Waals surface area contributed by atoms with Gasteiger partial charge in [0.2, 0.25) is 11.8 Å². The molecule has 4 N–H and O–H groups in total. The lowest BCUT2D eigenvalue weighted by atomic mass is 9.97. The first-order chi connectivity index (χ1) is 12.8. The zero-order valence-corrected chi connectivity index (χ0v) is 16.5. The number of hydrogen-bond acceptors (Lipinski definition) is 3. The van der Waals surface area contributed by atoms with E-state index in [-0.39, 0.29) is 17.7 Å². The number of amides is 2. The molecular formula is C21H30N4O2. The van der Waals surface area contributed by atoms with Crippen molar-refractivity contribution in [2.24, 2.45) is 11.7 Å². The minimum atomic E-state index is -0.218. The van der Waals surface area contributed by atoms with Crippen LogP contribution in [0.3, 0.4) is 0 Å². The summed E-state index contributed by atoms with van der Waals surface area (Å²) >= 11 is 0. The number of fused-ring (bicyclic) bond motifs is 1. The van der Waals surface area contributed by atoms with Crippen LogP contribution in [0.25, 0.3) is 10.9 Å². The minimum Gasteiger partial charge on any atom is -0.369 e. The normalized spacial score (nSPS) is 18.0. The molecule has 0 spiro atoms. The zero-order chi connectivity index (χ0) is 19.6. The van der Waals surface area contributed by atoms with Crippen molar-refractivity contribution in [3.8, 4) is 0 Å². The number of likely N-dealkylation sites (tertiary alicyclic amines) is 1. The monoisotopic (exact) mass is 370 g/mol. The van der Waals surface area contributed by atoms with Gasteiger partial charge in [-0.1, -0.05) is 11.6 Å². The van der Waals surface area contributed by atoms with Crippen molar-refractivity contribution >= 4 is 22.7 Å². The lowest BCUT2D eigenvalue weighted by Gasteiger charge is -2.31. The number of carbonyl (C=O) groups excluding carboxylic acids is 2. The van der Waals surface area contributed by atoms with Crippen molar-refractivity contribution in [3.63, 3.8) is 0 Å². The maximum Gasteiger partial charge on any atom is 0.224 e. The molecule has 0 bridgehead atoms. The molecule has 2 heterocycles. The van der Waals surface area contributed by atoms with Gasteiger partial charge < -0.3 is 20.9 Å². The third kappa shape index (κ3) is 4.50. The van der Waals surface area contributed by atoms with Crippen LogP contribution in [0, 0.1) is 26.7 Å². The topological polar surface area (TPSA) is 91.2 Å². The number of rotatable bonds is 6. The lowest BCUT2D eigenvalue weighted by Crippen LogP contribution is -2.44. The highest BCUT2D eigenvalue weighted by atomic mass is 16.2. The van der Waals surface area contributed by atoms with Crippen molar-refractivity contribution in [1.29, 1.82) is 0 Å². The van der Waals surface area contributed by atoms with Gasteiger partial charge in [-0.25, -0.2) is 0 Å². The SMILES string of the molecule is Cc1cc(C)c2[nH]c(C)c(CC(=O)NCCN3CCC[C@H](C(N)=O)C3)c2c1. The van der Waals surface area contributed by atoms with E-state index in [1.165, 1.54) is 11.1 Å². The number of hydrogen-bond donors (Lipinski definition) is 3. The molecule has 1 aliphatic rings. The highest BCUT2D eigenvalue weighted by Crippen LogP contribution is 2.26. The van der Waals surface area contributed by atoms with Crippen LogP contribution in [0.4, 0.5) is 0 Å². The van der Waals surface area contributed by atoms with Crippen LogP contribution in [0.2, 0.25) is 0 Å². The third-order valence-corrected chi connectivity index (χ3v) is 5.57. The summed E-state index contributed by atoms with van der Waals surface area (Å²) < 4.78 is 0. The fraction of sp³-hybridized carbons (Fsp3) is 0.524. The summed E-state index contributed by atoms with van der Waals surface area (Å²) in [6.45, 7) is 9.19. The van der Waals surface area contributed by atoms with Gasteiger partial charge in [-0.05, 0) is 57.4 Å². The number of carbonyl (C=O) groups is 2. The van der Waals surface area contributed by atoms with E-state index in [9.17, 15) is 9.59 Å². The van der Waals surface area contributed by atoms with Crippen molar-refractivity contribution in [2.45, 2.75) is 40.0 Å². The van der Waals surface area contributed by atoms with Gasteiger partial charge >= 0.3 is 0 Å². The molecule has 27 heavy (non-hydrogen) atoms. The van der Waals surface area contributed by atoms with E-state index in [0.717, 1.165) is 48.1 Å². The Labute approximate surface area is 160 Å². The Morgan fingerprint density at radius 2 is 2.07 bits per heavy atom. The molecule has 1 aromatic heterocycles. The number of nitrogens with one attached hydrogen (secondary N) is 2. The highest BCUT2D eigenvalue weighted by molar-refractivity contribution is 5.92. The van der Waals surface area contributed by atoms with Crippen LogP contribution in [0.1, 0.15) is 35.2 Å². The third-order valence-electron chi connectivity index (χ3n) is 5.57. The number of benzene rings is 1. The van der Waals surface area contributed by atoms with E-state index in [0.29, 0.717) is 19.5 Å². The molecule has 1 fully saturated rings. The molecular weight excluding hydrogens is 340 g/mol. The summed E-state index contributed by atoms with van der Waals surface area (Å²) in [5, 5.41) is 4.16. The number of primary amides is 1. The van der Waals surface area contributed by atoms with Crippen molar-refractivity contribution in [3.05, 3.63) is 34.5 Å². The molecule has 146 valence electrons. The molecule has 1 atom stereocenters. The Bertz CT molecular complexity index is 855. The summed E-state index contributed by atoms with van der Waals surface area (Å²) in [7, 11) is 0. The summed E-state index contributed by atoms with van der Waals surface area (Å²) in [6.07, 6.45) is 2.23. The molecule has 2 amide bonds. The number of H-pyrrole nitrogens is 1. The maximum absolute atomic E-state index is 12.5. The molecule has 1 saturated heterocycles. The van der Waals surface area contributed by atoms with Crippen molar-refractivity contribution < 1.29 is 9.59 Å². The Morgan fingerprint density at radius 3 is 2.81 bits per heavy atom. The quantitative estimate of drug-likeness (QED) is 0.726. The molecule has 0 aliphatic carbocycles. The first kappa shape index (κ1) is 19.4. The molecule has 3 rings (SSSR count). The Kier molecular flexibility index (Phi) is 5.85. The first-order valence-electron chi connectivity index (χ1n) is 9.72. The molecule has 0 saturated carbocycles. The predicted molar refractivity (Wildman–Crippen MR) is 108 cm³/mol. The molecule has 1 aliphatic heterocycles. The van der Waals surface area contributed by atoms with Crippen molar-refractivity contribution in [1.82, 2.24) is 15.2 Å². The van der Waals surface area contributed by atoms with Crippen LogP contribution in [0.5, 0.6) is 0 Å². The van der Waals surface area contributed by atoms with Gasteiger partial charge in [0.15, 0.2) is 0 Å². The fourth-order valence-corrected chi connectivity index (χ4v) is 4.13. The second-order valence-electron chi connectivity index (χ2n) is 7.80. The van der Waals surface area contributed by atoms with E-state index in [2.05, 4.69) is 41.2 Å². The second kappa shape index (κ2) is 8.13. The van der Waals surface area contributed by atoms with E-state index < -0.39 is 0 Å². The van der Waals surface area contributed by atoms with E-state index in [1.54, 1.807) is 0 Å². The predicted octanol–water partition coefficient (Wildman–Crippen LogP) is 1.95. The number of aromatic amines is 1. The number of nitrogens with zero attached hydrogens (tertiary/aromatic N) is 1. The van der Waals surface area contributed by atoms with E-state index in [4.69, 9.17) is 5.73 Å². The Hall–Kier alpha value is -2.34. The standard InChI is InChI=1S/C21H30N4O2/c1-13-9-14(2)20-18(10-13)17(15(3)24-20)11-19(26)23-6-8-25-7-4-5-16(12-25)21(22)27/h9-10,16,24H,4-8,11-12H2,1-3H3,(H2,22,27)(H,23,26)/t16-/m0/s1. The van der Waals surface area contributed by atoms with Crippen LogP contribution in [-0.4, -0.2) is 47.9 Å². The first-order valence-corrected chi connectivity index (χ1v) is 9.72. The zero-order valence-electron chi connectivity index (χ0n) is 16.5. The number of piperidine rings is 1. The van der Waals surface area contributed by atoms with Gasteiger partial charge in [0.25, 0.3) is 0 Å². The van der Waals surface area contributed by atoms with E-state index >= 15 is 0 Å². The lowest BCUT2D eigenvalue weighted by molar-refractivity contribution is -0.124. The fourth-order valence-electron chi connectivity index (χ4n) is 4.13. The van der Waals surface area contributed by atoms with Gasteiger partial charge in [0, 0.05) is 36.2 Å². The highest BCUT2D eigenvalue weighted by Gasteiger charge is 2.23. The molecule has 6 heteroatoms. The number of aromatic nitrogens is 1. The van der Waals surface area contributed by atoms with Gasteiger partial charge in [0.1, 0.15) is 0 Å². The average molecular weight is 370 g/mol. The molecule has 2 aromatic rings. The molecule has 6 nitrogen and oxygen atoms in total. The summed E-state index contributed by atoms with van der Waals surface area (Å²) in [5.41, 5.74) is 11.1. The van der Waals surface area contributed by atoms with Crippen LogP contribution >= 0.6 is 0 Å².